The second-order valence-electron chi connectivity index (χ2n) is 5.38. The molecular formula is C15H32O6. The Morgan fingerprint density at radius 1 is 0.667 bits per heavy atom. The van der Waals surface area contributed by atoms with Crippen LogP contribution in [0.5, 0.6) is 0 Å². The van der Waals surface area contributed by atoms with E-state index in [1.807, 2.05) is 27.7 Å². The summed E-state index contributed by atoms with van der Waals surface area (Å²) in [5.74, 6) is 0. The molecule has 6 heteroatoms. The molecule has 128 valence electrons. The Kier molecular flexibility index (Phi) is 11.2. The van der Waals surface area contributed by atoms with Gasteiger partial charge in [-0.15, -0.1) is 0 Å². The first-order valence-corrected chi connectivity index (χ1v) is 7.82. The Morgan fingerprint density at radius 3 is 1.14 bits per heavy atom. The zero-order valence-electron chi connectivity index (χ0n) is 13.7. The van der Waals surface area contributed by atoms with E-state index in [2.05, 4.69) is 0 Å². The van der Waals surface area contributed by atoms with Gasteiger partial charge >= 0.3 is 0 Å². The summed E-state index contributed by atoms with van der Waals surface area (Å²) in [5, 5.41) is 28.7. The Labute approximate surface area is 128 Å². The van der Waals surface area contributed by atoms with E-state index in [-0.39, 0.29) is 19.8 Å². The lowest BCUT2D eigenvalue weighted by Gasteiger charge is -2.34. The molecule has 21 heavy (non-hydrogen) atoms. The average Bonchev–Trinajstić information content (AvgIpc) is 2.53. The summed E-state index contributed by atoms with van der Waals surface area (Å²) in [6, 6.07) is 0. The number of rotatable bonds is 13. The second-order valence-corrected chi connectivity index (χ2v) is 5.38. The van der Waals surface area contributed by atoms with Gasteiger partial charge < -0.3 is 29.5 Å². The molecule has 0 fully saturated rings. The molecule has 0 bridgehead atoms. The van der Waals surface area contributed by atoms with Crippen LogP contribution < -0.4 is 0 Å². The van der Waals surface area contributed by atoms with Gasteiger partial charge in [0.15, 0.2) is 18.9 Å². The first-order chi connectivity index (χ1) is 9.92. The van der Waals surface area contributed by atoms with Gasteiger partial charge in [0, 0.05) is 5.41 Å². The van der Waals surface area contributed by atoms with Gasteiger partial charge in [-0.05, 0) is 25.7 Å². The second kappa shape index (κ2) is 11.3. The summed E-state index contributed by atoms with van der Waals surface area (Å²) >= 11 is 0. The average molecular weight is 308 g/mol. The molecule has 6 nitrogen and oxygen atoms in total. The third kappa shape index (κ3) is 8.70. The molecule has 0 aliphatic rings. The molecule has 0 rings (SSSR count). The summed E-state index contributed by atoms with van der Waals surface area (Å²) in [6.07, 6.45) is -0.324. The molecule has 3 N–H and O–H groups in total. The predicted octanol–water partition coefficient (Wildman–Crippen LogP) is 1.62. The van der Waals surface area contributed by atoms with Crippen molar-refractivity contribution in [1.82, 2.24) is 0 Å². The van der Waals surface area contributed by atoms with Gasteiger partial charge in [-0.2, -0.15) is 0 Å². The number of aliphatic hydroxyl groups excluding tert-OH is 3. The van der Waals surface area contributed by atoms with Crippen LogP contribution in [-0.2, 0) is 14.2 Å². The molecule has 3 atom stereocenters. The van der Waals surface area contributed by atoms with Gasteiger partial charge in [0.25, 0.3) is 0 Å². The van der Waals surface area contributed by atoms with E-state index < -0.39 is 24.3 Å². The normalized spacial score (nSPS) is 19.0. The molecule has 0 aromatic rings. The smallest absolute Gasteiger partial charge is 0.154 e. The monoisotopic (exact) mass is 308 g/mol. The third-order valence-electron chi connectivity index (χ3n) is 3.54. The molecular weight excluding hydrogens is 276 g/mol. The first-order valence-electron chi connectivity index (χ1n) is 7.82. The highest BCUT2D eigenvalue weighted by molar-refractivity contribution is 4.78. The van der Waals surface area contributed by atoms with E-state index in [9.17, 15) is 15.3 Å². The van der Waals surface area contributed by atoms with Crippen molar-refractivity contribution in [2.75, 3.05) is 19.8 Å². The summed E-state index contributed by atoms with van der Waals surface area (Å²) in [5.41, 5.74) is -0.511. The summed E-state index contributed by atoms with van der Waals surface area (Å²) < 4.78 is 16.2. The largest absolute Gasteiger partial charge is 0.368 e. The highest BCUT2D eigenvalue weighted by Gasteiger charge is 2.32. The van der Waals surface area contributed by atoms with Gasteiger partial charge in [-0.25, -0.2) is 0 Å². The van der Waals surface area contributed by atoms with Crippen LogP contribution in [0, 0.1) is 5.41 Å². The summed E-state index contributed by atoms with van der Waals surface area (Å²) in [7, 11) is 0. The topological polar surface area (TPSA) is 88.4 Å². The van der Waals surface area contributed by atoms with Crippen molar-refractivity contribution in [1.29, 1.82) is 0 Å². The standard InChI is InChI=1S/C15H32O6/c1-5-12(16)19-9-15(8-4,10-20-13(17)6-2)11-21-14(18)7-3/h12-14,16-18H,5-11H2,1-4H3. The Morgan fingerprint density at radius 2 is 0.952 bits per heavy atom. The molecule has 0 aromatic carbocycles. The summed E-state index contributed by atoms with van der Waals surface area (Å²) in [4.78, 5) is 0. The van der Waals surface area contributed by atoms with Crippen molar-refractivity contribution in [3.63, 3.8) is 0 Å². The van der Waals surface area contributed by atoms with E-state index in [0.717, 1.165) is 0 Å². The van der Waals surface area contributed by atoms with Crippen LogP contribution in [0.1, 0.15) is 53.4 Å². The summed E-state index contributed by atoms with van der Waals surface area (Å²) in [6.45, 7) is 8.17. The SMILES string of the molecule is CCC(O)OCC(CC)(COC(O)CC)COC(O)CC. The molecule has 0 amide bonds. The molecule has 0 spiro atoms. The number of hydrogen-bond acceptors (Lipinski definition) is 6. The lowest BCUT2D eigenvalue weighted by molar-refractivity contribution is -0.198. The molecule has 0 aromatic heterocycles. The van der Waals surface area contributed by atoms with Crippen molar-refractivity contribution in [2.45, 2.75) is 72.2 Å². The van der Waals surface area contributed by atoms with Gasteiger partial charge in [0.05, 0.1) is 19.8 Å². The predicted molar refractivity (Wildman–Crippen MR) is 79.5 cm³/mol. The van der Waals surface area contributed by atoms with Crippen molar-refractivity contribution >= 4 is 0 Å². The maximum Gasteiger partial charge on any atom is 0.154 e. The highest BCUT2D eigenvalue weighted by Crippen LogP contribution is 2.26. The van der Waals surface area contributed by atoms with Crippen molar-refractivity contribution in [2.24, 2.45) is 5.41 Å². The van der Waals surface area contributed by atoms with Crippen LogP contribution >= 0.6 is 0 Å². The van der Waals surface area contributed by atoms with Crippen LogP contribution in [0.2, 0.25) is 0 Å². The molecule has 0 saturated carbocycles. The van der Waals surface area contributed by atoms with Gasteiger partial charge in [-0.1, -0.05) is 27.7 Å². The van der Waals surface area contributed by atoms with Gasteiger partial charge in [0.2, 0.25) is 0 Å². The van der Waals surface area contributed by atoms with E-state index >= 15 is 0 Å². The van der Waals surface area contributed by atoms with Crippen LogP contribution in [0.25, 0.3) is 0 Å². The molecule has 0 aliphatic heterocycles. The zero-order valence-corrected chi connectivity index (χ0v) is 13.7. The maximum atomic E-state index is 9.56. The highest BCUT2D eigenvalue weighted by atomic mass is 16.6. The minimum absolute atomic E-state index is 0.241. The van der Waals surface area contributed by atoms with Crippen molar-refractivity contribution in [3.05, 3.63) is 0 Å². The molecule has 0 saturated heterocycles. The Bertz CT molecular complexity index is 212. The van der Waals surface area contributed by atoms with Crippen LogP contribution in [-0.4, -0.2) is 54.0 Å². The molecule has 0 radical (unpaired) electrons. The van der Waals surface area contributed by atoms with E-state index in [0.29, 0.717) is 25.7 Å². The maximum absolute atomic E-state index is 9.56. The Hall–Kier alpha value is -0.240. The van der Waals surface area contributed by atoms with Crippen molar-refractivity contribution in [3.8, 4) is 0 Å². The Balaban J connectivity index is 4.65. The number of aliphatic hydroxyl groups is 3. The van der Waals surface area contributed by atoms with Crippen LogP contribution in [0.4, 0.5) is 0 Å². The fourth-order valence-electron chi connectivity index (χ4n) is 1.60. The van der Waals surface area contributed by atoms with Gasteiger partial charge in [0.1, 0.15) is 0 Å². The molecule has 3 unspecified atom stereocenters. The third-order valence-corrected chi connectivity index (χ3v) is 3.54. The molecule has 0 heterocycles. The first kappa shape index (κ1) is 20.8. The number of hydrogen-bond donors (Lipinski definition) is 3. The van der Waals surface area contributed by atoms with Crippen LogP contribution in [0.15, 0.2) is 0 Å². The fraction of sp³-hybridized carbons (Fsp3) is 1.00. The quantitative estimate of drug-likeness (QED) is 0.448. The zero-order chi connectivity index (χ0) is 16.3. The molecule has 0 aliphatic carbocycles. The van der Waals surface area contributed by atoms with E-state index in [1.54, 1.807) is 0 Å². The van der Waals surface area contributed by atoms with Crippen LogP contribution in [0.3, 0.4) is 0 Å². The minimum Gasteiger partial charge on any atom is -0.368 e. The lowest BCUT2D eigenvalue weighted by Crippen LogP contribution is -2.40. The number of ether oxygens (including phenoxy) is 3. The fourth-order valence-corrected chi connectivity index (χ4v) is 1.60. The lowest BCUT2D eigenvalue weighted by atomic mass is 9.88. The van der Waals surface area contributed by atoms with E-state index in [1.165, 1.54) is 0 Å². The van der Waals surface area contributed by atoms with Crippen molar-refractivity contribution < 1.29 is 29.5 Å². The minimum atomic E-state index is -0.830. The van der Waals surface area contributed by atoms with Gasteiger partial charge in [-0.3, -0.25) is 0 Å². The van der Waals surface area contributed by atoms with E-state index in [4.69, 9.17) is 14.2 Å².